The molecule has 0 aromatic heterocycles. The molecule has 3 rings (SSSR count). The Morgan fingerprint density at radius 1 is 0.774 bits per heavy atom. The van der Waals surface area contributed by atoms with E-state index in [0.717, 1.165) is 35.1 Å². The number of halogens is 1. The van der Waals surface area contributed by atoms with E-state index in [0.29, 0.717) is 5.56 Å². The molecule has 3 aromatic rings. The first-order chi connectivity index (χ1) is 15.0. The number of aryl methyl sites for hydroxylation is 1. The number of benzene rings is 3. The molecule has 0 heterocycles. The predicted molar refractivity (Wildman–Crippen MR) is 126 cm³/mol. The third kappa shape index (κ3) is 4.96. The van der Waals surface area contributed by atoms with Crippen LogP contribution in [0.3, 0.4) is 0 Å². The van der Waals surface area contributed by atoms with Crippen LogP contribution in [0.5, 0.6) is 0 Å². The van der Waals surface area contributed by atoms with Crippen molar-refractivity contribution in [2.75, 3.05) is 21.3 Å². The standard InChI is InChI=1S/C26H31FO3Si/c1-6-7-20-8-10-23(11-9-20)25-17-16-24(18-26(25)27)22-14-12-21(13-15-22)19(2)31(28-3,29-4)30-5/h8-19H,6-7H2,1-5H3. The topological polar surface area (TPSA) is 27.7 Å². The summed E-state index contributed by atoms with van der Waals surface area (Å²) in [6.45, 7) is 4.20. The molecular formula is C26H31FO3Si. The van der Waals surface area contributed by atoms with Gasteiger partial charge >= 0.3 is 8.80 Å². The second-order valence-corrected chi connectivity index (χ2v) is 11.0. The molecule has 31 heavy (non-hydrogen) atoms. The van der Waals surface area contributed by atoms with E-state index in [9.17, 15) is 4.39 Å². The van der Waals surface area contributed by atoms with Gasteiger partial charge in [0.15, 0.2) is 0 Å². The van der Waals surface area contributed by atoms with Crippen molar-refractivity contribution in [3.8, 4) is 22.3 Å². The van der Waals surface area contributed by atoms with Gasteiger partial charge in [0.1, 0.15) is 5.82 Å². The van der Waals surface area contributed by atoms with Crippen molar-refractivity contribution in [1.82, 2.24) is 0 Å². The molecule has 0 amide bonds. The van der Waals surface area contributed by atoms with E-state index in [1.54, 1.807) is 27.4 Å². The Morgan fingerprint density at radius 3 is 1.84 bits per heavy atom. The van der Waals surface area contributed by atoms with Crippen molar-refractivity contribution in [3.63, 3.8) is 0 Å². The molecule has 0 saturated heterocycles. The summed E-state index contributed by atoms with van der Waals surface area (Å²) < 4.78 is 31.7. The summed E-state index contributed by atoms with van der Waals surface area (Å²) in [7, 11) is 2.07. The van der Waals surface area contributed by atoms with Crippen molar-refractivity contribution in [1.29, 1.82) is 0 Å². The highest BCUT2D eigenvalue weighted by atomic mass is 28.4. The summed E-state index contributed by atoms with van der Waals surface area (Å²) in [6, 6.07) is 21.6. The lowest BCUT2D eigenvalue weighted by atomic mass is 9.97. The fourth-order valence-electron chi connectivity index (χ4n) is 4.02. The molecule has 1 unspecified atom stereocenters. The van der Waals surface area contributed by atoms with Crippen molar-refractivity contribution in [2.24, 2.45) is 0 Å². The molecule has 0 fully saturated rings. The zero-order valence-corrected chi connectivity index (χ0v) is 19.9. The first-order valence-corrected chi connectivity index (χ1v) is 12.4. The van der Waals surface area contributed by atoms with Crippen LogP contribution in [0.25, 0.3) is 22.3 Å². The highest BCUT2D eigenvalue weighted by molar-refractivity contribution is 6.62. The smallest absolute Gasteiger partial charge is 0.376 e. The Hall–Kier alpha value is -2.31. The molecule has 3 nitrogen and oxygen atoms in total. The van der Waals surface area contributed by atoms with Gasteiger partial charge in [-0.15, -0.1) is 0 Å². The van der Waals surface area contributed by atoms with Crippen LogP contribution < -0.4 is 0 Å². The fraction of sp³-hybridized carbons (Fsp3) is 0.308. The second-order valence-electron chi connectivity index (χ2n) is 7.70. The van der Waals surface area contributed by atoms with Crippen LogP contribution in [0, 0.1) is 5.82 Å². The molecule has 0 aliphatic heterocycles. The van der Waals surface area contributed by atoms with Crippen LogP contribution in [0.4, 0.5) is 4.39 Å². The van der Waals surface area contributed by atoms with E-state index in [1.807, 2.05) is 55.5 Å². The van der Waals surface area contributed by atoms with Gasteiger partial charge in [-0.05, 0) is 40.3 Å². The van der Waals surface area contributed by atoms with Crippen LogP contribution >= 0.6 is 0 Å². The quantitative estimate of drug-likeness (QED) is 0.351. The van der Waals surface area contributed by atoms with Gasteiger partial charge in [-0.1, -0.05) is 80.9 Å². The lowest BCUT2D eigenvalue weighted by Crippen LogP contribution is -2.48. The Balaban J connectivity index is 1.83. The Morgan fingerprint density at radius 2 is 1.32 bits per heavy atom. The van der Waals surface area contributed by atoms with Crippen LogP contribution in [0.15, 0.2) is 66.7 Å². The molecule has 0 bridgehead atoms. The maximum atomic E-state index is 14.9. The Bertz CT molecular complexity index is 974. The summed E-state index contributed by atoms with van der Waals surface area (Å²) in [6.07, 6.45) is 2.14. The number of hydrogen-bond acceptors (Lipinski definition) is 3. The van der Waals surface area contributed by atoms with Gasteiger partial charge < -0.3 is 13.3 Å². The molecule has 0 aliphatic carbocycles. The van der Waals surface area contributed by atoms with Crippen molar-refractivity contribution < 1.29 is 17.7 Å². The molecule has 0 N–H and O–H groups in total. The van der Waals surface area contributed by atoms with Crippen molar-refractivity contribution >= 4 is 8.80 Å². The van der Waals surface area contributed by atoms with Gasteiger partial charge in [0.2, 0.25) is 0 Å². The highest BCUT2D eigenvalue weighted by Gasteiger charge is 2.45. The minimum Gasteiger partial charge on any atom is -0.376 e. The zero-order chi connectivity index (χ0) is 22.4. The predicted octanol–water partition coefficient (Wildman–Crippen LogP) is 6.63. The summed E-state index contributed by atoms with van der Waals surface area (Å²) in [5.74, 6) is -0.220. The van der Waals surface area contributed by atoms with Crippen molar-refractivity contribution in [2.45, 2.75) is 32.2 Å². The fourth-order valence-corrected chi connectivity index (χ4v) is 6.18. The average Bonchev–Trinajstić information content (AvgIpc) is 2.81. The SMILES string of the molecule is CCCc1ccc(-c2ccc(-c3ccc(C(C)[Si](OC)(OC)OC)cc3)cc2F)cc1. The van der Waals surface area contributed by atoms with E-state index in [2.05, 4.69) is 19.1 Å². The van der Waals surface area contributed by atoms with Crippen LogP contribution in [-0.2, 0) is 19.7 Å². The number of hydrogen-bond donors (Lipinski definition) is 0. The molecule has 0 spiro atoms. The first kappa shape index (κ1) is 23.4. The van der Waals surface area contributed by atoms with E-state index in [1.165, 1.54) is 5.56 Å². The monoisotopic (exact) mass is 438 g/mol. The zero-order valence-electron chi connectivity index (χ0n) is 18.9. The van der Waals surface area contributed by atoms with Gasteiger partial charge in [0.25, 0.3) is 0 Å². The Labute approximate surface area is 186 Å². The van der Waals surface area contributed by atoms with Gasteiger partial charge in [-0.25, -0.2) is 4.39 Å². The molecular weight excluding hydrogens is 407 g/mol. The first-order valence-electron chi connectivity index (χ1n) is 10.6. The minimum atomic E-state index is -2.78. The maximum absolute atomic E-state index is 14.9. The maximum Gasteiger partial charge on any atom is 0.507 e. The van der Waals surface area contributed by atoms with Crippen LogP contribution in [-0.4, -0.2) is 30.1 Å². The third-order valence-corrected chi connectivity index (χ3v) is 9.00. The van der Waals surface area contributed by atoms with Crippen molar-refractivity contribution in [3.05, 3.63) is 83.7 Å². The van der Waals surface area contributed by atoms with E-state index in [-0.39, 0.29) is 11.4 Å². The normalized spacial score (nSPS) is 12.7. The largest absolute Gasteiger partial charge is 0.507 e. The van der Waals surface area contributed by atoms with Crippen LogP contribution in [0.2, 0.25) is 0 Å². The molecule has 1 atom stereocenters. The molecule has 0 aliphatic rings. The summed E-state index contributed by atoms with van der Waals surface area (Å²) in [4.78, 5) is 0. The van der Waals surface area contributed by atoms with Gasteiger partial charge in [0, 0.05) is 26.9 Å². The second kappa shape index (κ2) is 10.3. The molecule has 164 valence electrons. The van der Waals surface area contributed by atoms with E-state index >= 15 is 0 Å². The summed E-state index contributed by atoms with van der Waals surface area (Å²) in [5, 5.41) is 0. The van der Waals surface area contributed by atoms with Gasteiger partial charge in [-0.2, -0.15) is 0 Å². The van der Waals surface area contributed by atoms with Gasteiger partial charge in [-0.3, -0.25) is 0 Å². The minimum absolute atomic E-state index is 0.0173. The van der Waals surface area contributed by atoms with Gasteiger partial charge in [0.05, 0.1) is 5.54 Å². The molecule has 3 aromatic carbocycles. The summed E-state index contributed by atoms with van der Waals surface area (Å²) >= 11 is 0. The molecule has 0 radical (unpaired) electrons. The third-order valence-electron chi connectivity index (χ3n) is 5.90. The lowest BCUT2D eigenvalue weighted by Gasteiger charge is -2.30. The Kier molecular flexibility index (Phi) is 7.78. The number of rotatable bonds is 9. The van der Waals surface area contributed by atoms with Crippen LogP contribution in [0.1, 0.15) is 36.9 Å². The average molecular weight is 439 g/mol. The van der Waals surface area contributed by atoms with E-state index < -0.39 is 8.80 Å². The molecule has 5 heteroatoms. The molecule has 0 saturated carbocycles. The lowest BCUT2D eigenvalue weighted by molar-refractivity contribution is 0.114. The highest BCUT2D eigenvalue weighted by Crippen LogP contribution is 2.32. The van der Waals surface area contributed by atoms with E-state index in [4.69, 9.17) is 13.3 Å². The summed E-state index contributed by atoms with van der Waals surface area (Å²) in [5.41, 5.74) is 5.64.